The molecule has 1 saturated heterocycles. The molecule has 0 spiro atoms. The Morgan fingerprint density at radius 3 is 2.27 bits per heavy atom. The highest BCUT2D eigenvalue weighted by Crippen LogP contribution is 2.16. The van der Waals surface area contributed by atoms with Gasteiger partial charge in [0.05, 0.1) is 30.5 Å². The highest BCUT2D eigenvalue weighted by molar-refractivity contribution is 5.95. The van der Waals surface area contributed by atoms with Gasteiger partial charge in [0.1, 0.15) is 0 Å². The van der Waals surface area contributed by atoms with E-state index in [0.29, 0.717) is 31.7 Å². The van der Waals surface area contributed by atoms with E-state index in [1.54, 1.807) is 6.20 Å². The Kier molecular flexibility index (Phi) is 7.63. The molecule has 3 rings (SSSR count). The predicted octanol–water partition coefficient (Wildman–Crippen LogP) is 2.12. The van der Waals surface area contributed by atoms with E-state index in [4.69, 9.17) is 0 Å². The molecule has 1 aliphatic rings. The number of rotatable bonds is 8. The van der Waals surface area contributed by atoms with Crippen LogP contribution in [-0.4, -0.2) is 82.1 Å². The maximum atomic E-state index is 13.2. The van der Waals surface area contributed by atoms with Gasteiger partial charge in [-0.25, -0.2) is 0 Å². The van der Waals surface area contributed by atoms with Crippen molar-refractivity contribution in [3.63, 3.8) is 0 Å². The maximum Gasteiger partial charge on any atom is 0.257 e. The van der Waals surface area contributed by atoms with Crippen LogP contribution in [-0.2, 0) is 17.8 Å². The molecule has 1 aliphatic heterocycles. The van der Waals surface area contributed by atoms with Gasteiger partial charge >= 0.3 is 0 Å². The first-order valence-electron chi connectivity index (χ1n) is 10.9. The molecule has 2 aromatic rings. The summed E-state index contributed by atoms with van der Waals surface area (Å²) < 4.78 is 1.93. The molecule has 0 aliphatic carbocycles. The SMILES string of the molecule is CCc1c(C(=O)N2CCN(CC(=O)N(CC)CC)CC2)cnn1Cc1ccccc1. The molecule has 1 fully saturated rings. The molecular weight excluding hydrogens is 378 g/mol. The largest absolute Gasteiger partial charge is 0.342 e. The van der Waals surface area contributed by atoms with Gasteiger partial charge < -0.3 is 9.80 Å². The number of benzene rings is 1. The van der Waals surface area contributed by atoms with Gasteiger partial charge in [0.25, 0.3) is 5.91 Å². The van der Waals surface area contributed by atoms with E-state index >= 15 is 0 Å². The summed E-state index contributed by atoms with van der Waals surface area (Å²) in [4.78, 5) is 31.4. The summed E-state index contributed by atoms with van der Waals surface area (Å²) in [5.74, 6) is 0.205. The second-order valence-corrected chi connectivity index (χ2v) is 7.64. The van der Waals surface area contributed by atoms with Crippen molar-refractivity contribution in [2.24, 2.45) is 0 Å². The van der Waals surface area contributed by atoms with E-state index in [-0.39, 0.29) is 11.8 Å². The summed E-state index contributed by atoms with van der Waals surface area (Å²) in [6, 6.07) is 10.2. The summed E-state index contributed by atoms with van der Waals surface area (Å²) in [6.07, 6.45) is 2.46. The molecule has 0 radical (unpaired) electrons. The van der Waals surface area contributed by atoms with Gasteiger partial charge in [0, 0.05) is 39.3 Å². The zero-order chi connectivity index (χ0) is 21.5. The second-order valence-electron chi connectivity index (χ2n) is 7.64. The Hall–Kier alpha value is -2.67. The number of piperazine rings is 1. The van der Waals surface area contributed by atoms with E-state index in [1.807, 2.05) is 46.5 Å². The van der Waals surface area contributed by atoms with Gasteiger partial charge in [0.15, 0.2) is 0 Å². The van der Waals surface area contributed by atoms with Gasteiger partial charge in [-0.15, -0.1) is 0 Å². The zero-order valence-electron chi connectivity index (χ0n) is 18.4. The van der Waals surface area contributed by atoms with Crippen molar-refractivity contribution in [1.82, 2.24) is 24.5 Å². The Morgan fingerprint density at radius 2 is 1.67 bits per heavy atom. The van der Waals surface area contributed by atoms with Gasteiger partial charge in [-0.2, -0.15) is 5.10 Å². The van der Waals surface area contributed by atoms with E-state index < -0.39 is 0 Å². The van der Waals surface area contributed by atoms with Crippen molar-refractivity contribution in [2.75, 3.05) is 45.8 Å². The van der Waals surface area contributed by atoms with Crippen LogP contribution in [0.3, 0.4) is 0 Å². The molecule has 0 atom stereocenters. The van der Waals surface area contributed by atoms with Crippen LogP contribution in [0, 0.1) is 0 Å². The van der Waals surface area contributed by atoms with Crippen LogP contribution in [0.15, 0.2) is 36.5 Å². The third kappa shape index (κ3) is 5.08. The molecule has 7 nitrogen and oxygen atoms in total. The topological polar surface area (TPSA) is 61.7 Å². The van der Waals surface area contributed by atoms with Gasteiger partial charge in [-0.3, -0.25) is 19.2 Å². The Labute approximate surface area is 179 Å². The molecule has 1 aromatic heterocycles. The average molecular weight is 412 g/mol. The van der Waals surface area contributed by atoms with Crippen LogP contribution >= 0.6 is 0 Å². The quantitative estimate of drug-likeness (QED) is 0.668. The lowest BCUT2D eigenvalue weighted by Gasteiger charge is -2.35. The third-order valence-electron chi connectivity index (χ3n) is 5.82. The maximum absolute atomic E-state index is 13.2. The number of hydrogen-bond donors (Lipinski definition) is 0. The van der Waals surface area contributed by atoms with Crippen LogP contribution in [0.1, 0.15) is 42.4 Å². The average Bonchev–Trinajstić information content (AvgIpc) is 3.17. The number of carbonyl (C=O) groups is 2. The van der Waals surface area contributed by atoms with Crippen LogP contribution in [0.5, 0.6) is 0 Å². The summed E-state index contributed by atoms with van der Waals surface area (Å²) in [5, 5.41) is 4.50. The highest BCUT2D eigenvalue weighted by atomic mass is 16.2. The van der Waals surface area contributed by atoms with Crippen molar-refractivity contribution in [2.45, 2.75) is 33.7 Å². The van der Waals surface area contributed by atoms with E-state index in [9.17, 15) is 9.59 Å². The summed E-state index contributed by atoms with van der Waals surface area (Å²) in [7, 11) is 0. The molecule has 0 bridgehead atoms. The summed E-state index contributed by atoms with van der Waals surface area (Å²) in [5.41, 5.74) is 2.84. The molecule has 162 valence electrons. The fourth-order valence-electron chi connectivity index (χ4n) is 4.00. The monoisotopic (exact) mass is 411 g/mol. The van der Waals surface area contributed by atoms with Crippen molar-refractivity contribution < 1.29 is 9.59 Å². The first kappa shape index (κ1) is 22.0. The summed E-state index contributed by atoms with van der Waals surface area (Å²) >= 11 is 0. The molecule has 0 saturated carbocycles. The first-order valence-corrected chi connectivity index (χ1v) is 10.9. The van der Waals surface area contributed by atoms with E-state index in [0.717, 1.165) is 38.3 Å². The van der Waals surface area contributed by atoms with Gasteiger partial charge in [-0.1, -0.05) is 37.3 Å². The van der Waals surface area contributed by atoms with Crippen molar-refractivity contribution in [1.29, 1.82) is 0 Å². The van der Waals surface area contributed by atoms with Gasteiger partial charge in [0.2, 0.25) is 5.91 Å². The lowest BCUT2D eigenvalue weighted by molar-refractivity contribution is -0.132. The minimum absolute atomic E-state index is 0.0425. The minimum Gasteiger partial charge on any atom is -0.342 e. The number of carbonyl (C=O) groups excluding carboxylic acids is 2. The second kappa shape index (κ2) is 10.4. The molecule has 7 heteroatoms. The van der Waals surface area contributed by atoms with Crippen LogP contribution < -0.4 is 0 Å². The third-order valence-corrected chi connectivity index (χ3v) is 5.82. The smallest absolute Gasteiger partial charge is 0.257 e. The Balaban J connectivity index is 1.60. The van der Waals surface area contributed by atoms with Crippen LogP contribution in [0.25, 0.3) is 0 Å². The zero-order valence-corrected chi connectivity index (χ0v) is 18.4. The van der Waals surface area contributed by atoms with Crippen molar-refractivity contribution in [3.05, 3.63) is 53.3 Å². The molecular formula is C23H33N5O2. The van der Waals surface area contributed by atoms with Crippen LogP contribution in [0.2, 0.25) is 0 Å². The van der Waals surface area contributed by atoms with Crippen molar-refractivity contribution >= 4 is 11.8 Å². The van der Waals surface area contributed by atoms with Crippen molar-refractivity contribution in [3.8, 4) is 0 Å². The molecule has 2 heterocycles. The molecule has 30 heavy (non-hydrogen) atoms. The van der Waals surface area contributed by atoms with E-state index in [1.165, 1.54) is 5.56 Å². The van der Waals surface area contributed by atoms with Gasteiger partial charge in [-0.05, 0) is 25.8 Å². The lowest BCUT2D eigenvalue weighted by atomic mass is 10.1. The standard InChI is InChI=1S/C23H33N5O2/c1-4-21-20(16-24-28(21)17-19-10-8-7-9-11-19)23(30)27-14-12-25(13-15-27)18-22(29)26(5-2)6-3/h7-11,16H,4-6,12-15,17-18H2,1-3H3. The lowest BCUT2D eigenvalue weighted by Crippen LogP contribution is -2.51. The number of nitrogens with zero attached hydrogens (tertiary/aromatic N) is 5. The van der Waals surface area contributed by atoms with E-state index in [2.05, 4.69) is 29.1 Å². The predicted molar refractivity (Wildman–Crippen MR) is 117 cm³/mol. The number of aromatic nitrogens is 2. The van der Waals surface area contributed by atoms with Crippen LogP contribution in [0.4, 0.5) is 0 Å². The molecule has 1 aromatic carbocycles. The normalized spacial score (nSPS) is 14.7. The fraction of sp³-hybridized carbons (Fsp3) is 0.522. The number of likely N-dealkylation sites (N-methyl/N-ethyl adjacent to an activating group) is 1. The minimum atomic E-state index is 0.0425. The molecule has 0 N–H and O–H groups in total. The molecule has 0 unspecified atom stereocenters. The fourth-order valence-corrected chi connectivity index (χ4v) is 4.00. The number of amides is 2. The first-order chi connectivity index (χ1) is 14.6. The Morgan fingerprint density at radius 1 is 1.00 bits per heavy atom. The molecule has 2 amide bonds. The number of hydrogen-bond acceptors (Lipinski definition) is 4. The summed E-state index contributed by atoms with van der Waals surface area (Å²) in [6.45, 7) is 11.3. The highest BCUT2D eigenvalue weighted by Gasteiger charge is 2.27. The Bertz CT molecular complexity index is 837.